The Hall–Kier alpha value is -3.85. The number of ether oxygens (including phenoxy) is 2. The third kappa shape index (κ3) is 3.38. The van der Waals surface area contributed by atoms with E-state index in [1.807, 2.05) is 37.3 Å². The van der Waals surface area contributed by atoms with Crippen molar-refractivity contribution in [3.63, 3.8) is 0 Å². The van der Waals surface area contributed by atoms with E-state index in [0.717, 1.165) is 27.0 Å². The first-order valence-electron chi connectivity index (χ1n) is 9.45. The standard InChI is InChI=1S/C22H18N4O4S/c1-12-9-19(24-21(27)17-10-13-5-4-6-16(29-3)20(13)30-17)26(25-12)22-23-15-8-7-14(28-2)11-18(15)31-22/h4-11H,1-3H3,(H,24,27). The van der Waals surface area contributed by atoms with Gasteiger partial charge in [-0.1, -0.05) is 23.5 Å². The fourth-order valence-electron chi connectivity index (χ4n) is 3.33. The fraction of sp³-hybridized carbons (Fsp3) is 0.136. The molecule has 3 heterocycles. The van der Waals surface area contributed by atoms with Crippen molar-refractivity contribution in [3.8, 4) is 16.6 Å². The van der Waals surface area contributed by atoms with Crippen LogP contribution in [-0.2, 0) is 0 Å². The van der Waals surface area contributed by atoms with Crippen LogP contribution in [0.5, 0.6) is 11.5 Å². The Kier molecular flexibility index (Phi) is 4.59. The van der Waals surface area contributed by atoms with Gasteiger partial charge in [-0.2, -0.15) is 9.78 Å². The second-order valence-electron chi connectivity index (χ2n) is 6.86. The highest BCUT2D eigenvalue weighted by atomic mass is 32.1. The number of furan rings is 1. The molecular weight excluding hydrogens is 416 g/mol. The van der Waals surface area contributed by atoms with E-state index < -0.39 is 0 Å². The van der Waals surface area contributed by atoms with E-state index >= 15 is 0 Å². The molecule has 0 radical (unpaired) electrons. The molecule has 5 aromatic rings. The van der Waals surface area contributed by atoms with Crippen LogP contribution in [0.15, 0.2) is 52.9 Å². The van der Waals surface area contributed by atoms with E-state index in [1.165, 1.54) is 11.3 Å². The predicted molar refractivity (Wildman–Crippen MR) is 119 cm³/mol. The maximum Gasteiger partial charge on any atom is 0.292 e. The lowest BCUT2D eigenvalue weighted by molar-refractivity contribution is 0.0998. The van der Waals surface area contributed by atoms with Gasteiger partial charge in [0.05, 0.1) is 30.1 Å². The summed E-state index contributed by atoms with van der Waals surface area (Å²) in [5.41, 5.74) is 2.11. The van der Waals surface area contributed by atoms with Gasteiger partial charge in [-0.3, -0.25) is 4.79 Å². The zero-order chi connectivity index (χ0) is 21.5. The second-order valence-corrected chi connectivity index (χ2v) is 7.87. The van der Waals surface area contributed by atoms with Gasteiger partial charge in [0.2, 0.25) is 5.13 Å². The van der Waals surface area contributed by atoms with Crippen molar-refractivity contribution in [2.75, 3.05) is 19.5 Å². The number of thiazole rings is 1. The molecular formula is C22H18N4O4S. The molecule has 0 spiro atoms. The zero-order valence-electron chi connectivity index (χ0n) is 17.0. The number of benzene rings is 2. The predicted octanol–water partition coefficient (Wildman–Crippen LogP) is 4.81. The number of methoxy groups -OCH3 is 2. The number of hydrogen-bond acceptors (Lipinski definition) is 7. The van der Waals surface area contributed by atoms with Gasteiger partial charge in [0.1, 0.15) is 11.6 Å². The van der Waals surface area contributed by atoms with Crippen LogP contribution in [0, 0.1) is 6.92 Å². The van der Waals surface area contributed by atoms with E-state index in [1.54, 1.807) is 37.1 Å². The summed E-state index contributed by atoms with van der Waals surface area (Å²) in [5.74, 6) is 1.62. The van der Waals surface area contributed by atoms with Crippen molar-refractivity contribution in [2.24, 2.45) is 0 Å². The molecule has 0 fully saturated rings. The molecule has 0 unspecified atom stereocenters. The summed E-state index contributed by atoms with van der Waals surface area (Å²) in [4.78, 5) is 17.6. The highest BCUT2D eigenvalue weighted by Gasteiger charge is 2.19. The minimum atomic E-state index is -0.387. The molecule has 2 aromatic carbocycles. The molecule has 0 aliphatic carbocycles. The number of nitrogens with zero attached hydrogens (tertiary/aromatic N) is 3. The normalized spacial score (nSPS) is 11.2. The zero-order valence-corrected chi connectivity index (χ0v) is 17.8. The minimum Gasteiger partial charge on any atom is -0.497 e. The maximum absolute atomic E-state index is 12.9. The molecule has 8 nitrogen and oxygen atoms in total. The Balaban J connectivity index is 1.49. The summed E-state index contributed by atoms with van der Waals surface area (Å²) >= 11 is 1.46. The first-order valence-corrected chi connectivity index (χ1v) is 10.3. The molecule has 0 atom stereocenters. The lowest BCUT2D eigenvalue weighted by atomic mass is 10.2. The van der Waals surface area contributed by atoms with Crippen molar-refractivity contribution in [2.45, 2.75) is 6.92 Å². The number of para-hydroxylation sites is 1. The second kappa shape index (κ2) is 7.44. The van der Waals surface area contributed by atoms with Gasteiger partial charge in [0.15, 0.2) is 17.1 Å². The number of aromatic nitrogens is 3. The Labute approximate surface area is 181 Å². The molecule has 31 heavy (non-hydrogen) atoms. The van der Waals surface area contributed by atoms with Crippen LogP contribution in [-0.4, -0.2) is 34.9 Å². The molecule has 0 aliphatic rings. The van der Waals surface area contributed by atoms with Crippen molar-refractivity contribution in [1.82, 2.24) is 14.8 Å². The number of anilines is 1. The van der Waals surface area contributed by atoms with Gasteiger partial charge in [0.25, 0.3) is 5.91 Å². The SMILES string of the molecule is COc1ccc2nc(-n3nc(C)cc3NC(=O)c3cc4cccc(OC)c4o3)sc2c1. The van der Waals surface area contributed by atoms with E-state index in [-0.39, 0.29) is 11.7 Å². The molecule has 0 bridgehead atoms. The lowest BCUT2D eigenvalue weighted by Gasteiger charge is -2.04. The topological polar surface area (TPSA) is 91.4 Å². The smallest absolute Gasteiger partial charge is 0.292 e. The Morgan fingerprint density at radius 3 is 2.81 bits per heavy atom. The summed E-state index contributed by atoms with van der Waals surface area (Å²) in [6, 6.07) is 14.6. The van der Waals surface area contributed by atoms with Crippen LogP contribution in [0.1, 0.15) is 16.2 Å². The van der Waals surface area contributed by atoms with Gasteiger partial charge in [0, 0.05) is 11.5 Å². The number of aryl methyl sites for hydroxylation is 1. The molecule has 0 aliphatic heterocycles. The first kappa shape index (κ1) is 19.1. The van der Waals surface area contributed by atoms with Crippen LogP contribution in [0.3, 0.4) is 0 Å². The van der Waals surface area contributed by atoms with Gasteiger partial charge < -0.3 is 19.2 Å². The Morgan fingerprint density at radius 2 is 2.00 bits per heavy atom. The van der Waals surface area contributed by atoms with Crippen molar-refractivity contribution in [3.05, 3.63) is 60.0 Å². The number of hydrogen-bond donors (Lipinski definition) is 1. The molecule has 0 saturated heterocycles. The number of rotatable bonds is 5. The average molecular weight is 434 g/mol. The van der Waals surface area contributed by atoms with Crippen molar-refractivity contribution in [1.29, 1.82) is 0 Å². The number of carbonyl (C=O) groups is 1. The maximum atomic E-state index is 12.9. The highest BCUT2D eigenvalue weighted by molar-refractivity contribution is 7.20. The monoisotopic (exact) mass is 434 g/mol. The van der Waals surface area contributed by atoms with Crippen molar-refractivity contribution < 1.29 is 18.7 Å². The van der Waals surface area contributed by atoms with E-state index in [2.05, 4.69) is 15.4 Å². The first-order chi connectivity index (χ1) is 15.1. The van der Waals surface area contributed by atoms with Gasteiger partial charge in [-0.25, -0.2) is 4.98 Å². The van der Waals surface area contributed by atoms with Gasteiger partial charge >= 0.3 is 0 Å². The highest BCUT2D eigenvalue weighted by Crippen LogP contribution is 2.31. The number of fused-ring (bicyclic) bond motifs is 2. The minimum absolute atomic E-state index is 0.180. The summed E-state index contributed by atoms with van der Waals surface area (Å²) in [6.45, 7) is 1.86. The lowest BCUT2D eigenvalue weighted by Crippen LogP contribution is -2.14. The average Bonchev–Trinajstić information content (AvgIpc) is 3.48. The van der Waals surface area contributed by atoms with E-state index in [9.17, 15) is 4.79 Å². The van der Waals surface area contributed by atoms with E-state index in [0.29, 0.717) is 22.3 Å². The third-order valence-electron chi connectivity index (χ3n) is 4.79. The van der Waals surface area contributed by atoms with Crippen LogP contribution in [0.4, 0.5) is 5.82 Å². The quantitative estimate of drug-likeness (QED) is 0.427. The van der Waals surface area contributed by atoms with Crippen LogP contribution >= 0.6 is 11.3 Å². The van der Waals surface area contributed by atoms with Crippen LogP contribution in [0.2, 0.25) is 0 Å². The molecule has 156 valence electrons. The largest absolute Gasteiger partial charge is 0.497 e. The Morgan fingerprint density at radius 1 is 1.13 bits per heavy atom. The molecule has 3 aromatic heterocycles. The molecule has 1 amide bonds. The summed E-state index contributed by atoms with van der Waals surface area (Å²) in [7, 11) is 3.19. The van der Waals surface area contributed by atoms with Crippen molar-refractivity contribution >= 4 is 44.2 Å². The molecule has 1 N–H and O–H groups in total. The fourth-order valence-corrected chi connectivity index (χ4v) is 4.29. The summed E-state index contributed by atoms with van der Waals surface area (Å²) < 4.78 is 18.9. The number of nitrogens with one attached hydrogen (secondary N) is 1. The molecule has 9 heteroatoms. The number of carbonyl (C=O) groups excluding carboxylic acids is 1. The summed E-state index contributed by atoms with van der Waals surface area (Å²) in [6.07, 6.45) is 0. The molecule has 0 saturated carbocycles. The third-order valence-corrected chi connectivity index (χ3v) is 5.78. The number of amides is 1. The van der Waals surface area contributed by atoms with Gasteiger partial charge in [-0.15, -0.1) is 0 Å². The van der Waals surface area contributed by atoms with Gasteiger partial charge in [-0.05, 0) is 37.3 Å². The summed E-state index contributed by atoms with van der Waals surface area (Å²) in [5, 5.41) is 8.81. The Bertz CT molecular complexity index is 1430. The van der Waals surface area contributed by atoms with Crippen LogP contribution in [0.25, 0.3) is 26.3 Å². The van der Waals surface area contributed by atoms with Crippen LogP contribution < -0.4 is 14.8 Å². The van der Waals surface area contributed by atoms with E-state index in [4.69, 9.17) is 13.9 Å². The molecule has 5 rings (SSSR count).